The number of hydrogen-bond acceptors (Lipinski definition) is 2. The summed E-state index contributed by atoms with van der Waals surface area (Å²) < 4.78 is 0. The predicted octanol–water partition coefficient (Wildman–Crippen LogP) is 1.71. The third-order valence-corrected chi connectivity index (χ3v) is 2.00. The van der Waals surface area contributed by atoms with E-state index in [1.807, 2.05) is 37.4 Å². The van der Waals surface area contributed by atoms with Crippen LogP contribution in [0.5, 0.6) is 0 Å². The third-order valence-electron chi connectivity index (χ3n) is 2.00. The number of hydrogen-bond donors (Lipinski definition) is 1. The number of pyridine rings is 1. The maximum atomic E-state index is 11.2. The van der Waals surface area contributed by atoms with Gasteiger partial charge in [-0.15, -0.1) is 0 Å². The van der Waals surface area contributed by atoms with E-state index in [4.69, 9.17) is 0 Å². The summed E-state index contributed by atoms with van der Waals surface area (Å²) >= 11 is 0. The molecule has 80 valence electrons. The van der Waals surface area contributed by atoms with Crippen LogP contribution >= 0.6 is 0 Å². The Balaban J connectivity index is 2.19. The van der Waals surface area contributed by atoms with Crippen molar-refractivity contribution in [3.63, 3.8) is 0 Å². The average molecular weight is 204 g/mol. The summed E-state index contributed by atoms with van der Waals surface area (Å²) in [6.45, 7) is 2.57. The second kappa shape index (κ2) is 6.76. The maximum Gasteiger partial charge on any atom is 0.223 e. The van der Waals surface area contributed by atoms with E-state index in [1.165, 1.54) is 0 Å². The zero-order chi connectivity index (χ0) is 10.9. The Morgan fingerprint density at radius 2 is 2.47 bits per heavy atom. The highest BCUT2D eigenvalue weighted by Gasteiger charge is 1.97. The molecule has 0 fully saturated rings. The van der Waals surface area contributed by atoms with Crippen LogP contribution in [-0.4, -0.2) is 17.4 Å². The van der Waals surface area contributed by atoms with Crippen molar-refractivity contribution in [1.82, 2.24) is 10.3 Å². The zero-order valence-electron chi connectivity index (χ0n) is 8.94. The monoisotopic (exact) mass is 204 g/mol. The van der Waals surface area contributed by atoms with Crippen LogP contribution in [0, 0.1) is 0 Å². The molecule has 3 nitrogen and oxygen atoms in total. The fourth-order valence-electron chi connectivity index (χ4n) is 1.19. The molecule has 1 rings (SSSR count). The highest BCUT2D eigenvalue weighted by molar-refractivity contribution is 5.77. The Hall–Kier alpha value is -1.64. The largest absolute Gasteiger partial charge is 0.356 e. The zero-order valence-corrected chi connectivity index (χ0v) is 8.94. The minimum Gasteiger partial charge on any atom is -0.356 e. The number of rotatable bonds is 5. The normalized spacial score (nSPS) is 10.5. The first-order chi connectivity index (χ1) is 7.33. The molecule has 0 aliphatic heterocycles. The van der Waals surface area contributed by atoms with Crippen molar-refractivity contribution >= 4 is 5.91 Å². The quantitative estimate of drug-likeness (QED) is 0.742. The Bertz CT molecular complexity index is 320. The van der Waals surface area contributed by atoms with Gasteiger partial charge in [-0.3, -0.25) is 9.78 Å². The molecular weight excluding hydrogens is 188 g/mol. The first-order valence-corrected chi connectivity index (χ1v) is 5.09. The van der Waals surface area contributed by atoms with Crippen LogP contribution in [0.25, 0.3) is 0 Å². The van der Waals surface area contributed by atoms with Crippen LogP contribution in [0.1, 0.15) is 18.9 Å². The summed E-state index contributed by atoms with van der Waals surface area (Å²) in [6.07, 6.45) is 8.57. The lowest BCUT2D eigenvalue weighted by atomic mass is 10.2. The van der Waals surface area contributed by atoms with Crippen LogP contribution < -0.4 is 5.32 Å². The predicted molar refractivity (Wildman–Crippen MR) is 60.4 cm³/mol. The molecule has 0 bridgehead atoms. The van der Waals surface area contributed by atoms with Crippen LogP contribution in [-0.2, 0) is 11.2 Å². The van der Waals surface area contributed by atoms with Crippen LogP contribution in [0.15, 0.2) is 36.7 Å². The summed E-state index contributed by atoms with van der Waals surface area (Å²) in [5.74, 6) is 0.0667. The van der Waals surface area contributed by atoms with Gasteiger partial charge in [0.15, 0.2) is 0 Å². The van der Waals surface area contributed by atoms with Crippen molar-refractivity contribution in [3.8, 4) is 0 Å². The Morgan fingerprint density at radius 1 is 1.60 bits per heavy atom. The first-order valence-electron chi connectivity index (χ1n) is 5.09. The van der Waals surface area contributed by atoms with E-state index in [2.05, 4.69) is 10.3 Å². The summed E-state index contributed by atoms with van der Waals surface area (Å²) in [5, 5.41) is 2.85. The summed E-state index contributed by atoms with van der Waals surface area (Å²) in [5.41, 5.74) is 1.14. The number of carbonyl (C=O) groups excluding carboxylic acids is 1. The highest BCUT2D eigenvalue weighted by Crippen LogP contribution is 1.95. The average Bonchev–Trinajstić information content (AvgIpc) is 2.28. The number of nitrogens with zero attached hydrogens (tertiary/aromatic N) is 1. The van der Waals surface area contributed by atoms with Crippen molar-refractivity contribution in [2.45, 2.75) is 19.8 Å². The van der Waals surface area contributed by atoms with Crippen LogP contribution in [0.3, 0.4) is 0 Å². The van der Waals surface area contributed by atoms with Gasteiger partial charge in [-0.05, 0) is 25.0 Å². The highest BCUT2D eigenvalue weighted by atomic mass is 16.1. The molecule has 0 atom stereocenters. The van der Waals surface area contributed by atoms with Gasteiger partial charge in [0, 0.05) is 25.4 Å². The molecule has 0 aliphatic rings. The standard InChI is InChI=1S/C12H16N2O/c1-2-3-6-12(15)14-9-7-11-5-4-8-13-10-11/h2-5,8,10H,6-7,9H2,1H3,(H,14,15)/b3-2-. The third kappa shape index (κ3) is 4.96. The lowest BCUT2D eigenvalue weighted by Gasteiger charge is -2.02. The van der Waals surface area contributed by atoms with Crippen molar-refractivity contribution in [1.29, 1.82) is 0 Å². The van der Waals surface area contributed by atoms with Crippen molar-refractivity contribution < 1.29 is 4.79 Å². The van der Waals surface area contributed by atoms with E-state index in [9.17, 15) is 4.79 Å². The van der Waals surface area contributed by atoms with Gasteiger partial charge >= 0.3 is 0 Å². The van der Waals surface area contributed by atoms with Gasteiger partial charge in [-0.2, -0.15) is 0 Å². The molecule has 1 aromatic rings. The Morgan fingerprint density at radius 3 is 3.13 bits per heavy atom. The van der Waals surface area contributed by atoms with E-state index in [1.54, 1.807) is 6.20 Å². The van der Waals surface area contributed by atoms with Crippen LogP contribution in [0.4, 0.5) is 0 Å². The molecule has 0 aromatic carbocycles. The topological polar surface area (TPSA) is 42.0 Å². The van der Waals surface area contributed by atoms with Crippen molar-refractivity contribution in [2.24, 2.45) is 0 Å². The van der Waals surface area contributed by atoms with Gasteiger partial charge in [0.05, 0.1) is 0 Å². The van der Waals surface area contributed by atoms with E-state index in [0.29, 0.717) is 13.0 Å². The van der Waals surface area contributed by atoms with Gasteiger partial charge in [-0.25, -0.2) is 0 Å². The molecule has 0 saturated carbocycles. The fraction of sp³-hybridized carbons (Fsp3) is 0.333. The molecule has 0 unspecified atom stereocenters. The van der Waals surface area contributed by atoms with Gasteiger partial charge in [0.2, 0.25) is 5.91 Å². The Labute approximate surface area is 90.2 Å². The van der Waals surface area contributed by atoms with Gasteiger partial charge < -0.3 is 5.32 Å². The van der Waals surface area contributed by atoms with Crippen molar-refractivity contribution in [2.75, 3.05) is 6.54 Å². The van der Waals surface area contributed by atoms with Gasteiger partial charge in [0.25, 0.3) is 0 Å². The maximum absolute atomic E-state index is 11.2. The molecule has 0 aliphatic carbocycles. The lowest BCUT2D eigenvalue weighted by molar-refractivity contribution is -0.120. The van der Waals surface area contributed by atoms with Crippen LogP contribution in [0.2, 0.25) is 0 Å². The van der Waals surface area contributed by atoms with E-state index >= 15 is 0 Å². The molecule has 15 heavy (non-hydrogen) atoms. The first kappa shape index (κ1) is 11.4. The molecule has 1 amide bonds. The van der Waals surface area contributed by atoms with E-state index < -0.39 is 0 Å². The molecule has 0 spiro atoms. The number of amides is 1. The molecular formula is C12H16N2O. The smallest absolute Gasteiger partial charge is 0.223 e. The van der Waals surface area contributed by atoms with E-state index in [-0.39, 0.29) is 5.91 Å². The summed E-state index contributed by atoms with van der Waals surface area (Å²) in [7, 11) is 0. The number of carbonyl (C=O) groups is 1. The second-order valence-electron chi connectivity index (χ2n) is 3.23. The number of nitrogens with one attached hydrogen (secondary N) is 1. The van der Waals surface area contributed by atoms with Gasteiger partial charge in [0.1, 0.15) is 0 Å². The Kier molecular flexibility index (Phi) is 5.15. The lowest BCUT2D eigenvalue weighted by Crippen LogP contribution is -2.24. The summed E-state index contributed by atoms with van der Waals surface area (Å²) in [4.78, 5) is 15.2. The molecule has 3 heteroatoms. The molecule has 0 radical (unpaired) electrons. The minimum atomic E-state index is 0.0667. The van der Waals surface area contributed by atoms with Gasteiger partial charge in [-0.1, -0.05) is 18.2 Å². The minimum absolute atomic E-state index is 0.0667. The van der Waals surface area contributed by atoms with Crippen molar-refractivity contribution in [3.05, 3.63) is 42.2 Å². The van der Waals surface area contributed by atoms with E-state index in [0.717, 1.165) is 12.0 Å². The fourth-order valence-corrected chi connectivity index (χ4v) is 1.19. The molecule has 0 saturated heterocycles. The number of allylic oxidation sites excluding steroid dienone is 1. The molecule has 1 N–H and O–H groups in total. The second-order valence-corrected chi connectivity index (χ2v) is 3.23. The SMILES string of the molecule is C/C=C\CC(=O)NCCc1cccnc1. The molecule has 1 heterocycles. The summed E-state index contributed by atoms with van der Waals surface area (Å²) in [6, 6.07) is 3.90. The number of aromatic nitrogens is 1. The molecule has 1 aromatic heterocycles.